The predicted octanol–water partition coefficient (Wildman–Crippen LogP) is 0.570. The van der Waals surface area contributed by atoms with Crippen molar-refractivity contribution in [3.63, 3.8) is 0 Å². The van der Waals surface area contributed by atoms with Crippen molar-refractivity contribution in [1.82, 2.24) is 15.5 Å². The number of aliphatic carboxylic acids is 1. The summed E-state index contributed by atoms with van der Waals surface area (Å²) in [5.41, 5.74) is -0.819. The highest BCUT2D eigenvalue weighted by molar-refractivity contribution is 7.92. The fourth-order valence-corrected chi connectivity index (χ4v) is 5.43. The lowest BCUT2D eigenvalue weighted by molar-refractivity contribution is -0.151. The summed E-state index contributed by atoms with van der Waals surface area (Å²) in [5, 5.41) is 13.5. The van der Waals surface area contributed by atoms with Crippen molar-refractivity contribution >= 4 is 41.0 Å². The van der Waals surface area contributed by atoms with Gasteiger partial charge in [-0.15, -0.1) is 0 Å². The van der Waals surface area contributed by atoms with Gasteiger partial charge in [0.15, 0.2) is 6.04 Å². The van der Waals surface area contributed by atoms with E-state index in [9.17, 15) is 33.6 Å². The number of β-lactam (4-membered cyclic amide) rings is 1. The molecule has 2 unspecified atom stereocenters. The smallest absolute Gasteiger partial charge is 0.408 e. The van der Waals surface area contributed by atoms with Crippen molar-refractivity contribution < 1.29 is 43.1 Å². The van der Waals surface area contributed by atoms with Crippen LogP contribution in [0.2, 0.25) is 0 Å². The first-order chi connectivity index (χ1) is 16.8. The molecule has 1 saturated heterocycles. The minimum atomic E-state index is -1.79. The lowest BCUT2D eigenvalue weighted by Gasteiger charge is -2.49. The van der Waals surface area contributed by atoms with E-state index in [1.807, 2.05) is 0 Å². The molecule has 4 atom stereocenters. The van der Waals surface area contributed by atoms with Crippen LogP contribution in [-0.4, -0.2) is 73.8 Å². The largest absolute Gasteiger partial charge is 0.614 e. The van der Waals surface area contributed by atoms with E-state index in [-0.39, 0.29) is 11.3 Å². The Morgan fingerprint density at radius 3 is 2.42 bits per heavy atom. The van der Waals surface area contributed by atoms with Gasteiger partial charge in [0.1, 0.15) is 29.7 Å². The minimum absolute atomic E-state index is 0.0270. The summed E-state index contributed by atoms with van der Waals surface area (Å²) in [7, 11) is 0. The number of carboxylic acids is 1. The average Bonchev–Trinajstić information content (AvgIpc) is 2.78. The highest BCUT2D eigenvalue weighted by atomic mass is 32.2. The van der Waals surface area contributed by atoms with Crippen LogP contribution < -0.4 is 10.6 Å². The van der Waals surface area contributed by atoms with Crippen molar-refractivity contribution in [2.24, 2.45) is 0 Å². The number of amides is 3. The Morgan fingerprint density at radius 1 is 1.22 bits per heavy atom. The van der Waals surface area contributed by atoms with Crippen LogP contribution in [0.5, 0.6) is 0 Å². The van der Waals surface area contributed by atoms with E-state index in [0.717, 1.165) is 11.8 Å². The van der Waals surface area contributed by atoms with Crippen molar-refractivity contribution in [1.29, 1.82) is 0 Å². The molecule has 1 aromatic rings. The fraction of sp³-hybridized carbons (Fsp3) is 0.435. The van der Waals surface area contributed by atoms with Crippen LogP contribution in [0.4, 0.5) is 4.79 Å². The Balaban J connectivity index is 1.82. The number of carboxylic acid groups (broad SMARTS) is 1. The molecule has 0 aromatic heterocycles. The molecule has 12 nitrogen and oxygen atoms in total. The molecule has 0 bridgehead atoms. The van der Waals surface area contributed by atoms with E-state index in [4.69, 9.17) is 9.47 Å². The van der Waals surface area contributed by atoms with E-state index in [0.29, 0.717) is 5.56 Å². The van der Waals surface area contributed by atoms with Gasteiger partial charge < -0.3 is 29.8 Å². The summed E-state index contributed by atoms with van der Waals surface area (Å²) in [4.78, 5) is 62.3. The van der Waals surface area contributed by atoms with Crippen molar-refractivity contribution in [3.05, 3.63) is 47.2 Å². The second kappa shape index (κ2) is 10.6. The summed E-state index contributed by atoms with van der Waals surface area (Å²) in [6.07, 6.45) is -0.861. The zero-order chi connectivity index (χ0) is 26.8. The van der Waals surface area contributed by atoms with Crippen LogP contribution >= 0.6 is 0 Å². The number of hydrogen-bond acceptors (Lipinski definition) is 8. The van der Waals surface area contributed by atoms with E-state index < -0.39 is 76.4 Å². The topological polar surface area (TPSA) is 174 Å². The molecule has 2 heterocycles. The molecule has 1 aromatic carbocycles. The number of ether oxygens (including phenoxy) is 2. The number of hydrogen-bond donors (Lipinski definition) is 3. The number of esters is 1. The molecular weight excluding hydrogens is 494 g/mol. The first-order valence-electron chi connectivity index (χ1n) is 10.9. The molecule has 2 aliphatic rings. The van der Waals surface area contributed by atoms with Crippen LogP contribution in [0.15, 0.2) is 41.6 Å². The second-order valence-corrected chi connectivity index (χ2v) is 10.7. The van der Waals surface area contributed by atoms with Crippen LogP contribution in [0.1, 0.15) is 39.3 Å². The zero-order valence-corrected chi connectivity index (χ0v) is 20.9. The number of rotatable bonds is 7. The Bertz CT molecular complexity index is 1100. The molecule has 3 amide bonds. The molecule has 0 aliphatic carbocycles. The van der Waals surface area contributed by atoms with Crippen LogP contribution in [-0.2, 0) is 39.8 Å². The van der Waals surface area contributed by atoms with E-state index in [1.165, 1.54) is 0 Å². The number of nitrogens with zero attached hydrogens (tertiary/aromatic N) is 1. The monoisotopic (exact) mass is 521 g/mol. The molecule has 13 heteroatoms. The predicted molar refractivity (Wildman–Crippen MR) is 125 cm³/mol. The first kappa shape index (κ1) is 27.0. The van der Waals surface area contributed by atoms with Gasteiger partial charge in [0.05, 0.1) is 0 Å². The first-order valence-corrected chi connectivity index (χ1v) is 12.3. The number of carbonyl (C=O) groups is 5. The van der Waals surface area contributed by atoms with Crippen LogP contribution in [0.3, 0.4) is 0 Å². The normalized spacial score (nSPS) is 22.1. The van der Waals surface area contributed by atoms with Gasteiger partial charge in [0.2, 0.25) is 11.3 Å². The number of alkyl carbamates (subject to hydrolysis) is 1. The second-order valence-electron chi connectivity index (χ2n) is 9.14. The van der Waals surface area contributed by atoms with Gasteiger partial charge in [0, 0.05) is 12.5 Å². The molecule has 1 fully saturated rings. The van der Waals surface area contributed by atoms with E-state index in [1.54, 1.807) is 51.1 Å². The standard InChI is InChI=1S/C23H27N3O9S/c1-12(27)34-10-14-11-36(33)20-16(19(29)26(20)17(14)21(30)31)24-18(28)15(13-8-6-5-7-9-13)25-22(32)35-23(2,3)4/h5-9,15-16,20H,10-11H2,1-4H3,(H,24,28)(H,25,32)(H,30,31)/t15?,16-,20+,36?/m0/s1. The molecule has 36 heavy (non-hydrogen) atoms. The molecular formula is C23H27N3O9S. The highest BCUT2D eigenvalue weighted by Gasteiger charge is 2.61. The molecule has 194 valence electrons. The van der Waals surface area contributed by atoms with Crippen molar-refractivity contribution in [3.8, 4) is 0 Å². The summed E-state index contributed by atoms with van der Waals surface area (Å²) < 4.78 is 23.0. The number of nitrogens with one attached hydrogen (secondary N) is 2. The van der Waals surface area contributed by atoms with Gasteiger partial charge in [-0.2, -0.15) is 0 Å². The number of benzene rings is 1. The van der Waals surface area contributed by atoms with E-state index >= 15 is 0 Å². The Hall–Kier alpha value is -3.58. The lowest BCUT2D eigenvalue weighted by Crippen LogP contribution is -2.75. The van der Waals surface area contributed by atoms with Crippen LogP contribution in [0, 0.1) is 0 Å². The Morgan fingerprint density at radius 2 is 1.86 bits per heavy atom. The molecule has 0 spiro atoms. The zero-order valence-electron chi connectivity index (χ0n) is 20.1. The number of fused-ring (bicyclic) bond motifs is 1. The van der Waals surface area contributed by atoms with Gasteiger partial charge in [-0.3, -0.25) is 19.3 Å². The van der Waals surface area contributed by atoms with E-state index in [2.05, 4.69) is 10.6 Å². The lowest BCUT2D eigenvalue weighted by atomic mass is 10.0. The Kier molecular flexibility index (Phi) is 7.94. The van der Waals surface area contributed by atoms with Gasteiger partial charge in [-0.05, 0) is 37.5 Å². The molecule has 2 aliphatic heterocycles. The van der Waals surface area contributed by atoms with Crippen molar-refractivity contribution in [2.45, 2.75) is 50.8 Å². The Labute approximate surface area is 210 Å². The number of carbonyl (C=O) groups excluding carboxylic acids is 4. The third-order valence-corrected chi connectivity index (χ3v) is 6.87. The summed E-state index contributed by atoms with van der Waals surface area (Å²) in [5.74, 6) is -3.93. The van der Waals surface area contributed by atoms with Gasteiger partial charge >= 0.3 is 18.0 Å². The molecule has 3 N–H and O–H groups in total. The summed E-state index contributed by atoms with van der Waals surface area (Å²) >= 11 is -1.79. The highest BCUT2D eigenvalue weighted by Crippen LogP contribution is 2.37. The molecule has 0 saturated carbocycles. The third-order valence-electron chi connectivity index (χ3n) is 5.21. The van der Waals surface area contributed by atoms with Crippen molar-refractivity contribution in [2.75, 3.05) is 12.4 Å². The molecule has 3 rings (SSSR count). The maximum absolute atomic E-state index is 13.2. The summed E-state index contributed by atoms with van der Waals surface area (Å²) in [6, 6.07) is 5.71. The third kappa shape index (κ3) is 5.97. The van der Waals surface area contributed by atoms with Gasteiger partial charge in [0.25, 0.3) is 5.91 Å². The minimum Gasteiger partial charge on any atom is -0.614 e. The SMILES string of the molecule is CC(=O)OCC1=C(C(=O)O)N2C(=O)[C@H](NC(=O)C(NC(=O)OC(C)(C)C)c3ccccc3)[C@H]2[S+]([O-])C1. The summed E-state index contributed by atoms with van der Waals surface area (Å²) in [6.45, 7) is 5.69. The molecule has 0 radical (unpaired) electrons. The maximum Gasteiger partial charge on any atom is 0.408 e. The quantitative estimate of drug-likeness (QED) is 0.263. The average molecular weight is 522 g/mol. The van der Waals surface area contributed by atoms with Gasteiger partial charge in [-0.1, -0.05) is 30.3 Å². The van der Waals surface area contributed by atoms with Crippen LogP contribution in [0.25, 0.3) is 0 Å². The van der Waals surface area contributed by atoms with Gasteiger partial charge in [-0.25, -0.2) is 9.59 Å². The fourth-order valence-electron chi connectivity index (χ4n) is 3.76. The maximum atomic E-state index is 13.2.